The topological polar surface area (TPSA) is 125 Å². The molecular weight excluding hydrogens is 276 g/mol. The molecule has 8 heteroatoms. The summed E-state index contributed by atoms with van der Waals surface area (Å²) in [6.07, 6.45) is 3.69. The van der Waals surface area contributed by atoms with Crippen LogP contribution in [0.15, 0.2) is 0 Å². The number of hydrogen-bond donors (Lipinski definition) is 4. The maximum atomic E-state index is 11.8. The molecule has 0 radical (unpaired) electrons. The largest absolute Gasteiger partial charge is 0.480 e. The summed E-state index contributed by atoms with van der Waals surface area (Å²) in [5, 5.41) is 14.0. The van der Waals surface area contributed by atoms with Gasteiger partial charge in [0.1, 0.15) is 6.04 Å². The summed E-state index contributed by atoms with van der Waals surface area (Å²) in [6, 6.07) is -1.27. The van der Waals surface area contributed by atoms with Crippen molar-refractivity contribution >= 4 is 17.9 Å². The van der Waals surface area contributed by atoms with E-state index >= 15 is 0 Å². The quantitative estimate of drug-likeness (QED) is 0.531. The lowest BCUT2D eigenvalue weighted by atomic mass is 9.98. The van der Waals surface area contributed by atoms with Crippen LogP contribution >= 0.6 is 0 Å². The number of hydrogen-bond acceptors (Lipinski definition) is 4. The van der Waals surface area contributed by atoms with E-state index < -0.39 is 30.4 Å². The molecule has 0 bridgehead atoms. The first-order chi connectivity index (χ1) is 9.95. The molecule has 0 saturated carbocycles. The summed E-state index contributed by atoms with van der Waals surface area (Å²) in [6.45, 7) is 2.09. The standard InChI is InChI=1S/C13H22N4O4/c14-11(18)7-10(12(19)20)16-13(21)15-8-3-5-17-4-1-2-9(17)6-8/h8-10H,1-7H2,(H2,14,18)(H,19,20)(H2,15,16,21)/t8?,9?,10-/m1/s1. The van der Waals surface area contributed by atoms with Crippen LogP contribution in [0.3, 0.4) is 0 Å². The van der Waals surface area contributed by atoms with E-state index in [4.69, 9.17) is 10.8 Å². The summed E-state index contributed by atoms with van der Waals surface area (Å²) >= 11 is 0. The summed E-state index contributed by atoms with van der Waals surface area (Å²) in [5.74, 6) is -2.03. The minimum atomic E-state index is -1.28. The number of urea groups is 1. The van der Waals surface area contributed by atoms with E-state index in [1.54, 1.807) is 0 Å². The van der Waals surface area contributed by atoms with Gasteiger partial charge in [0.2, 0.25) is 5.91 Å². The van der Waals surface area contributed by atoms with E-state index in [0.29, 0.717) is 6.04 Å². The number of aliphatic carboxylic acids is 1. The lowest BCUT2D eigenvalue weighted by Crippen LogP contribution is -2.53. The zero-order valence-electron chi connectivity index (χ0n) is 11.9. The fourth-order valence-corrected chi connectivity index (χ4v) is 3.14. The average Bonchev–Trinajstić information content (AvgIpc) is 2.84. The highest BCUT2D eigenvalue weighted by Gasteiger charge is 2.32. The second-order valence-corrected chi connectivity index (χ2v) is 5.73. The number of carboxylic acids is 1. The Morgan fingerprint density at radius 2 is 2.05 bits per heavy atom. The number of piperidine rings is 1. The number of carbonyl (C=O) groups is 3. The van der Waals surface area contributed by atoms with E-state index in [0.717, 1.165) is 32.4 Å². The third kappa shape index (κ3) is 4.32. The van der Waals surface area contributed by atoms with Crippen LogP contribution in [-0.2, 0) is 9.59 Å². The van der Waals surface area contributed by atoms with Gasteiger partial charge in [0, 0.05) is 18.6 Å². The van der Waals surface area contributed by atoms with Crippen molar-refractivity contribution < 1.29 is 19.5 Å². The smallest absolute Gasteiger partial charge is 0.326 e. The molecule has 0 aromatic carbocycles. The van der Waals surface area contributed by atoms with Crippen LogP contribution in [-0.4, -0.2) is 59.1 Å². The second kappa shape index (κ2) is 6.75. The molecular formula is C13H22N4O4. The van der Waals surface area contributed by atoms with E-state index in [1.165, 1.54) is 6.42 Å². The Hall–Kier alpha value is -1.83. The molecule has 8 nitrogen and oxygen atoms in total. The molecule has 0 aromatic heterocycles. The normalized spacial score (nSPS) is 26.7. The van der Waals surface area contributed by atoms with Crippen molar-refractivity contribution in [1.82, 2.24) is 15.5 Å². The predicted molar refractivity (Wildman–Crippen MR) is 74.5 cm³/mol. The molecule has 2 heterocycles. The van der Waals surface area contributed by atoms with Crippen molar-refractivity contribution in [3.63, 3.8) is 0 Å². The molecule has 21 heavy (non-hydrogen) atoms. The van der Waals surface area contributed by atoms with E-state index in [9.17, 15) is 14.4 Å². The monoisotopic (exact) mass is 298 g/mol. The van der Waals surface area contributed by atoms with Crippen molar-refractivity contribution in [2.75, 3.05) is 13.1 Å². The molecule has 0 aliphatic carbocycles. The Kier molecular flexibility index (Phi) is 5.00. The van der Waals surface area contributed by atoms with Crippen LogP contribution in [0.2, 0.25) is 0 Å². The Morgan fingerprint density at radius 3 is 2.71 bits per heavy atom. The van der Waals surface area contributed by atoms with Gasteiger partial charge in [0.25, 0.3) is 0 Å². The molecule has 2 aliphatic heterocycles. The number of amides is 3. The Balaban J connectivity index is 1.80. The van der Waals surface area contributed by atoms with E-state index in [-0.39, 0.29) is 6.04 Å². The van der Waals surface area contributed by atoms with Crippen LogP contribution in [0.4, 0.5) is 4.79 Å². The van der Waals surface area contributed by atoms with Crippen LogP contribution in [0.25, 0.3) is 0 Å². The molecule has 118 valence electrons. The maximum absolute atomic E-state index is 11.8. The summed E-state index contributed by atoms with van der Waals surface area (Å²) in [5.41, 5.74) is 4.97. The van der Waals surface area contributed by atoms with Crippen molar-refractivity contribution in [2.45, 2.75) is 50.2 Å². The first-order valence-corrected chi connectivity index (χ1v) is 7.28. The maximum Gasteiger partial charge on any atom is 0.326 e. The first kappa shape index (κ1) is 15.6. The highest BCUT2D eigenvalue weighted by atomic mass is 16.4. The lowest BCUT2D eigenvalue weighted by molar-refractivity contribution is -0.140. The molecule has 2 rings (SSSR count). The molecule has 2 unspecified atom stereocenters. The lowest BCUT2D eigenvalue weighted by Gasteiger charge is -2.35. The van der Waals surface area contributed by atoms with Gasteiger partial charge in [-0.15, -0.1) is 0 Å². The molecule has 3 atom stereocenters. The highest BCUT2D eigenvalue weighted by molar-refractivity contribution is 5.87. The van der Waals surface area contributed by atoms with Gasteiger partial charge in [-0.3, -0.25) is 4.79 Å². The molecule has 2 saturated heterocycles. The van der Waals surface area contributed by atoms with E-state index in [1.807, 2.05) is 0 Å². The van der Waals surface area contributed by atoms with Gasteiger partial charge in [0.05, 0.1) is 6.42 Å². The van der Waals surface area contributed by atoms with Crippen LogP contribution in [0, 0.1) is 0 Å². The number of rotatable bonds is 5. The molecule has 0 aromatic rings. The zero-order valence-corrected chi connectivity index (χ0v) is 11.9. The number of nitrogens with one attached hydrogen (secondary N) is 2. The number of nitrogens with two attached hydrogens (primary N) is 1. The van der Waals surface area contributed by atoms with Crippen molar-refractivity contribution in [3.8, 4) is 0 Å². The fourth-order valence-electron chi connectivity index (χ4n) is 3.14. The Bertz CT molecular complexity index is 428. The van der Waals surface area contributed by atoms with Crippen molar-refractivity contribution in [3.05, 3.63) is 0 Å². The van der Waals surface area contributed by atoms with Gasteiger partial charge >= 0.3 is 12.0 Å². The third-order valence-corrected chi connectivity index (χ3v) is 4.16. The second-order valence-electron chi connectivity index (χ2n) is 5.73. The molecule has 2 aliphatic rings. The average molecular weight is 298 g/mol. The van der Waals surface area contributed by atoms with Gasteiger partial charge in [-0.05, 0) is 32.2 Å². The van der Waals surface area contributed by atoms with Crippen LogP contribution in [0.1, 0.15) is 32.1 Å². The molecule has 0 spiro atoms. The molecule has 3 amide bonds. The SMILES string of the molecule is NC(=O)C[C@@H](NC(=O)NC1CCN2CCCC2C1)C(=O)O. The number of nitrogens with zero attached hydrogens (tertiary/aromatic N) is 1. The van der Waals surface area contributed by atoms with Gasteiger partial charge in [0.15, 0.2) is 0 Å². The minimum absolute atomic E-state index is 0.0485. The van der Waals surface area contributed by atoms with Crippen molar-refractivity contribution in [1.29, 1.82) is 0 Å². The van der Waals surface area contributed by atoms with Gasteiger partial charge in [-0.25, -0.2) is 9.59 Å². The molecule has 2 fully saturated rings. The summed E-state index contributed by atoms with van der Waals surface area (Å²) in [7, 11) is 0. The fraction of sp³-hybridized carbons (Fsp3) is 0.769. The zero-order chi connectivity index (χ0) is 15.4. The van der Waals surface area contributed by atoms with Crippen LogP contribution < -0.4 is 16.4 Å². The third-order valence-electron chi connectivity index (χ3n) is 4.16. The van der Waals surface area contributed by atoms with Gasteiger partial charge < -0.3 is 26.4 Å². The van der Waals surface area contributed by atoms with Crippen LogP contribution in [0.5, 0.6) is 0 Å². The number of carboxylic acid groups (broad SMARTS) is 1. The predicted octanol–water partition coefficient (Wildman–Crippen LogP) is -0.759. The van der Waals surface area contributed by atoms with Gasteiger partial charge in [-0.1, -0.05) is 0 Å². The highest BCUT2D eigenvalue weighted by Crippen LogP contribution is 2.26. The Morgan fingerprint density at radius 1 is 1.29 bits per heavy atom. The minimum Gasteiger partial charge on any atom is -0.480 e. The summed E-state index contributed by atoms with van der Waals surface area (Å²) < 4.78 is 0. The first-order valence-electron chi connectivity index (χ1n) is 7.28. The Labute approximate surface area is 123 Å². The van der Waals surface area contributed by atoms with Crippen molar-refractivity contribution in [2.24, 2.45) is 5.73 Å². The number of fused-ring (bicyclic) bond motifs is 1. The van der Waals surface area contributed by atoms with E-state index in [2.05, 4.69) is 15.5 Å². The summed E-state index contributed by atoms with van der Waals surface area (Å²) in [4.78, 5) is 36.0. The number of carbonyl (C=O) groups excluding carboxylic acids is 2. The number of primary amides is 1. The molecule has 5 N–H and O–H groups in total. The van der Waals surface area contributed by atoms with Gasteiger partial charge in [-0.2, -0.15) is 0 Å².